The first-order valence-corrected chi connectivity index (χ1v) is 14.7. The van der Waals surface area contributed by atoms with Crippen molar-refractivity contribution in [2.45, 2.75) is 11.8 Å². The molecule has 0 radical (unpaired) electrons. The molecule has 0 bridgehead atoms. The van der Waals surface area contributed by atoms with Gasteiger partial charge in [0.05, 0.1) is 25.5 Å². The minimum atomic E-state index is -0.156. The van der Waals surface area contributed by atoms with E-state index < -0.39 is 0 Å². The number of carbonyl (C=O) groups excluding carboxylic acids is 2. The van der Waals surface area contributed by atoms with E-state index in [1.807, 2.05) is 96.9 Å². The number of methoxy groups -OCH3 is 2. The summed E-state index contributed by atoms with van der Waals surface area (Å²) >= 11 is 1.66. The summed E-state index contributed by atoms with van der Waals surface area (Å²) in [6.45, 7) is 3.80. The second kappa shape index (κ2) is 12.4. The molecule has 3 aromatic carbocycles. The molecule has 8 nitrogen and oxygen atoms in total. The normalized spacial score (nSPS) is 13.2. The average Bonchev–Trinajstić information content (AvgIpc) is 3.37. The molecule has 0 atom stereocenters. The van der Waals surface area contributed by atoms with Gasteiger partial charge in [-0.25, -0.2) is 4.79 Å². The number of urea groups is 1. The summed E-state index contributed by atoms with van der Waals surface area (Å²) in [4.78, 5) is 31.4. The molecular formula is C32H34N4O4S. The zero-order valence-electron chi connectivity index (χ0n) is 23.7. The first kappa shape index (κ1) is 28.2. The second-order valence-electron chi connectivity index (χ2n) is 9.71. The molecule has 1 aliphatic rings. The van der Waals surface area contributed by atoms with Gasteiger partial charge in [-0.2, -0.15) is 0 Å². The molecule has 1 aromatic heterocycles. The maximum Gasteiger partial charge on any atom is 0.321 e. The Morgan fingerprint density at radius 1 is 0.805 bits per heavy atom. The van der Waals surface area contributed by atoms with Gasteiger partial charge in [0.1, 0.15) is 0 Å². The summed E-state index contributed by atoms with van der Waals surface area (Å²) in [7, 11) is 3.22. The topological polar surface area (TPSA) is 76.0 Å². The summed E-state index contributed by atoms with van der Waals surface area (Å²) in [6.07, 6.45) is 2.02. The molecule has 3 amide bonds. The summed E-state index contributed by atoms with van der Waals surface area (Å²) < 4.78 is 13.1. The third-order valence-corrected chi connectivity index (χ3v) is 8.11. The molecular weight excluding hydrogens is 536 g/mol. The van der Waals surface area contributed by atoms with Crippen LogP contribution >= 0.6 is 11.8 Å². The molecule has 0 spiro atoms. The Kier molecular flexibility index (Phi) is 8.54. The predicted octanol–water partition coefficient (Wildman–Crippen LogP) is 6.18. The van der Waals surface area contributed by atoms with Gasteiger partial charge in [-0.1, -0.05) is 30.3 Å². The Balaban J connectivity index is 1.37. The molecule has 1 fully saturated rings. The highest BCUT2D eigenvalue weighted by molar-refractivity contribution is 7.98. The second-order valence-corrected chi connectivity index (χ2v) is 10.6. The van der Waals surface area contributed by atoms with Crippen LogP contribution < -0.4 is 14.8 Å². The van der Waals surface area contributed by atoms with Gasteiger partial charge in [0.15, 0.2) is 11.5 Å². The number of nitrogens with zero attached hydrogens (tertiary/aromatic N) is 3. The van der Waals surface area contributed by atoms with Crippen LogP contribution in [-0.4, -0.2) is 73.0 Å². The van der Waals surface area contributed by atoms with Crippen LogP contribution in [0.3, 0.4) is 0 Å². The van der Waals surface area contributed by atoms with Crippen molar-refractivity contribution in [1.82, 2.24) is 14.4 Å². The third-order valence-electron chi connectivity index (χ3n) is 7.37. The van der Waals surface area contributed by atoms with Gasteiger partial charge in [0.25, 0.3) is 5.91 Å². The van der Waals surface area contributed by atoms with E-state index in [0.717, 1.165) is 33.2 Å². The number of piperazine rings is 1. The SMILES string of the molecule is COc1ccc(-n2c(-c3ccccc3)cc(C(=O)N3CCN(C(=O)Nc4ccc(SC)cc4)CC3)c2C)cc1OC. The number of ether oxygens (including phenoxy) is 2. The van der Waals surface area contributed by atoms with E-state index in [1.165, 1.54) is 0 Å². The number of hydrogen-bond donors (Lipinski definition) is 1. The first-order valence-electron chi connectivity index (χ1n) is 13.4. The molecule has 9 heteroatoms. The fourth-order valence-electron chi connectivity index (χ4n) is 5.10. The van der Waals surface area contributed by atoms with Crippen molar-refractivity contribution in [3.63, 3.8) is 0 Å². The van der Waals surface area contributed by atoms with E-state index in [1.54, 1.807) is 30.9 Å². The predicted molar refractivity (Wildman–Crippen MR) is 164 cm³/mol. The van der Waals surface area contributed by atoms with Crippen molar-refractivity contribution >= 4 is 29.4 Å². The van der Waals surface area contributed by atoms with Crippen molar-refractivity contribution in [3.05, 3.63) is 90.1 Å². The molecule has 1 saturated heterocycles. The molecule has 5 rings (SSSR count). The maximum atomic E-state index is 13.8. The van der Waals surface area contributed by atoms with Crippen LogP contribution in [0, 0.1) is 6.92 Å². The smallest absolute Gasteiger partial charge is 0.321 e. The van der Waals surface area contributed by atoms with E-state index in [2.05, 4.69) is 9.88 Å². The lowest BCUT2D eigenvalue weighted by molar-refractivity contribution is 0.0671. The van der Waals surface area contributed by atoms with Crippen LogP contribution in [0.2, 0.25) is 0 Å². The van der Waals surface area contributed by atoms with E-state index >= 15 is 0 Å². The Morgan fingerprint density at radius 2 is 1.46 bits per heavy atom. The van der Waals surface area contributed by atoms with Crippen molar-refractivity contribution in [1.29, 1.82) is 0 Å². The van der Waals surface area contributed by atoms with Crippen molar-refractivity contribution in [2.24, 2.45) is 0 Å². The third kappa shape index (κ3) is 5.90. The largest absolute Gasteiger partial charge is 0.493 e. The average molecular weight is 571 g/mol. The number of thioether (sulfide) groups is 1. The fourth-order valence-corrected chi connectivity index (χ4v) is 5.51. The van der Waals surface area contributed by atoms with Gasteiger partial charge in [0, 0.05) is 54.2 Å². The Bertz CT molecular complexity index is 1530. The fraction of sp³-hybridized carbons (Fsp3) is 0.250. The number of aromatic nitrogens is 1. The molecule has 1 N–H and O–H groups in total. The summed E-state index contributed by atoms with van der Waals surface area (Å²) in [5.74, 6) is 1.20. The monoisotopic (exact) mass is 570 g/mol. The molecule has 2 heterocycles. The number of anilines is 1. The molecule has 0 unspecified atom stereocenters. The van der Waals surface area contributed by atoms with Gasteiger partial charge in [-0.15, -0.1) is 11.8 Å². The number of carbonyl (C=O) groups is 2. The molecule has 212 valence electrons. The van der Waals surface area contributed by atoms with Crippen LogP contribution in [-0.2, 0) is 0 Å². The maximum absolute atomic E-state index is 13.8. The lowest BCUT2D eigenvalue weighted by Gasteiger charge is -2.34. The summed E-state index contributed by atoms with van der Waals surface area (Å²) in [5.41, 5.74) is 4.98. The van der Waals surface area contributed by atoms with Crippen LogP contribution in [0.1, 0.15) is 16.1 Å². The zero-order chi connectivity index (χ0) is 28.9. The summed E-state index contributed by atoms with van der Waals surface area (Å²) in [6, 6.07) is 25.3. The molecule has 41 heavy (non-hydrogen) atoms. The quantitative estimate of drug-likeness (QED) is 0.269. The van der Waals surface area contributed by atoms with Gasteiger partial charge < -0.3 is 29.2 Å². The van der Waals surface area contributed by atoms with E-state index in [9.17, 15) is 9.59 Å². The van der Waals surface area contributed by atoms with E-state index in [4.69, 9.17) is 9.47 Å². The Labute approximate surface area is 244 Å². The number of nitrogens with one attached hydrogen (secondary N) is 1. The van der Waals surface area contributed by atoms with Gasteiger partial charge in [-0.3, -0.25) is 4.79 Å². The van der Waals surface area contributed by atoms with Gasteiger partial charge >= 0.3 is 6.03 Å². The molecule has 1 aliphatic heterocycles. The van der Waals surface area contributed by atoms with Crippen LogP contribution in [0.5, 0.6) is 11.5 Å². The molecule has 4 aromatic rings. The summed E-state index contributed by atoms with van der Waals surface area (Å²) in [5, 5.41) is 2.96. The number of benzene rings is 3. The van der Waals surface area contributed by atoms with Gasteiger partial charge in [0.2, 0.25) is 0 Å². The molecule has 0 saturated carbocycles. The zero-order valence-corrected chi connectivity index (χ0v) is 24.5. The molecule has 0 aliphatic carbocycles. The standard InChI is InChI=1S/C32H34N4O4S/c1-22-27(31(37)34-16-18-35(19-17-34)32(38)33-24-10-13-26(41-4)14-11-24)21-28(23-8-6-5-7-9-23)36(22)25-12-15-29(39-2)30(20-25)40-3/h5-15,20-21H,16-19H2,1-4H3,(H,33,38). The van der Waals surface area contributed by atoms with Gasteiger partial charge in [-0.05, 0) is 61.2 Å². The van der Waals surface area contributed by atoms with E-state index in [0.29, 0.717) is 43.2 Å². The highest BCUT2D eigenvalue weighted by atomic mass is 32.2. The Hall–Kier alpha value is -4.37. The number of hydrogen-bond acceptors (Lipinski definition) is 5. The lowest BCUT2D eigenvalue weighted by Crippen LogP contribution is -2.51. The van der Waals surface area contributed by atoms with Crippen molar-refractivity contribution < 1.29 is 19.1 Å². The van der Waals surface area contributed by atoms with E-state index in [-0.39, 0.29) is 11.9 Å². The minimum absolute atomic E-state index is 0.0494. The lowest BCUT2D eigenvalue weighted by atomic mass is 10.1. The van der Waals surface area contributed by atoms with Crippen molar-refractivity contribution in [2.75, 3.05) is 52.0 Å². The first-order chi connectivity index (χ1) is 19.9. The minimum Gasteiger partial charge on any atom is -0.493 e. The van der Waals surface area contributed by atoms with Crippen LogP contribution in [0.4, 0.5) is 10.5 Å². The highest BCUT2D eigenvalue weighted by Gasteiger charge is 2.28. The van der Waals surface area contributed by atoms with Crippen molar-refractivity contribution in [3.8, 4) is 28.4 Å². The number of rotatable bonds is 7. The van der Waals surface area contributed by atoms with Crippen LogP contribution in [0.15, 0.2) is 83.8 Å². The Morgan fingerprint density at radius 3 is 2.10 bits per heavy atom. The highest BCUT2D eigenvalue weighted by Crippen LogP contribution is 2.35. The van der Waals surface area contributed by atoms with Crippen LogP contribution in [0.25, 0.3) is 16.9 Å². The number of amides is 3.